The van der Waals surface area contributed by atoms with Gasteiger partial charge in [0.05, 0.1) is 5.92 Å². The molecule has 7 heteroatoms. The van der Waals surface area contributed by atoms with Crippen LogP contribution >= 0.6 is 0 Å². The van der Waals surface area contributed by atoms with Gasteiger partial charge in [-0.25, -0.2) is 4.79 Å². The summed E-state index contributed by atoms with van der Waals surface area (Å²) >= 11 is 0. The number of rotatable bonds is 9. The largest absolute Gasteiger partial charge is 0.481 e. The maximum Gasteiger partial charge on any atom is 0.407 e. The topological polar surface area (TPSA) is 95.9 Å². The van der Waals surface area contributed by atoms with Gasteiger partial charge in [-0.3, -0.25) is 9.59 Å². The summed E-state index contributed by atoms with van der Waals surface area (Å²) in [4.78, 5) is 38.6. The Labute approximate surface area is 206 Å². The van der Waals surface area contributed by atoms with E-state index in [1.165, 1.54) is 11.1 Å². The number of carboxylic acids is 1. The summed E-state index contributed by atoms with van der Waals surface area (Å²) < 4.78 is 5.60. The number of nitrogens with one attached hydrogen (secondary N) is 1. The maximum absolute atomic E-state index is 12.9. The van der Waals surface area contributed by atoms with E-state index in [0.29, 0.717) is 25.9 Å². The number of carbonyl (C=O) groups excluding carboxylic acids is 2. The summed E-state index contributed by atoms with van der Waals surface area (Å²) in [6, 6.07) is 16.1. The molecular weight excluding hydrogens is 444 g/mol. The predicted octanol–water partition coefficient (Wildman–Crippen LogP) is 4.65. The highest BCUT2D eigenvalue weighted by molar-refractivity contribution is 5.80. The van der Waals surface area contributed by atoms with E-state index in [4.69, 9.17) is 4.74 Å². The van der Waals surface area contributed by atoms with Crippen molar-refractivity contribution >= 4 is 18.0 Å². The molecule has 2 amide bonds. The van der Waals surface area contributed by atoms with Gasteiger partial charge in [-0.05, 0) is 41.0 Å². The summed E-state index contributed by atoms with van der Waals surface area (Å²) in [6.07, 6.45) is 1.63. The average molecular weight is 479 g/mol. The molecule has 1 fully saturated rings. The molecule has 0 radical (unpaired) electrons. The molecule has 1 aliphatic heterocycles. The number of benzene rings is 2. The molecule has 1 heterocycles. The summed E-state index contributed by atoms with van der Waals surface area (Å²) in [5, 5.41) is 12.3. The van der Waals surface area contributed by atoms with Crippen molar-refractivity contribution in [3.05, 3.63) is 59.7 Å². The smallest absolute Gasteiger partial charge is 0.407 e. The number of aliphatic carboxylic acids is 1. The van der Waals surface area contributed by atoms with E-state index in [2.05, 4.69) is 29.6 Å². The predicted molar refractivity (Wildman–Crippen MR) is 133 cm³/mol. The molecule has 2 aromatic rings. The van der Waals surface area contributed by atoms with E-state index in [1.807, 2.05) is 38.1 Å². The van der Waals surface area contributed by atoms with Crippen LogP contribution in [-0.4, -0.2) is 53.7 Å². The van der Waals surface area contributed by atoms with Gasteiger partial charge in [-0.1, -0.05) is 68.8 Å². The van der Waals surface area contributed by atoms with Gasteiger partial charge < -0.3 is 20.1 Å². The molecule has 186 valence electrons. The van der Waals surface area contributed by atoms with Gasteiger partial charge in [0.1, 0.15) is 6.61 Å². The molecule has 0 bridgehead atoms. The quantitative estimate of drug-likeness (QED) is 0.547. The van der Waals surface area contributed by atoms with Crippen LogP contribution in [0.2, 0.25) is 0 Å². The van der Waals surface area contributed by atoms with Crippen molar-refractivity contribution in [2.45, 2.75) is 51.5 Å². The lowest BCUT2D eigenvalue weighted by Gasteiger charge is -2.27. The van der Waals surface area contributed by atoms with Crippen LogP contribution in [0.25, 0.3) is 11.1 Å². The summed E-state index contributed by atoms with van der Waals surface area (Å²) in [7, 11) is 0. The van der Waals surface area contributed by atoms with E-state index >= 15 is 0 Å². The highest BCUT2D eigenvalue weighted by atomic mass is 16.5. The molecule has 1 aliphatic carbocycles. The molecule has 0 saturated carbocycles. The van der Waals surface area contributed by atoms with Crippen LogP contribution in [0.3, 0.4) is 0 Å². The Hall–Kier alpha value is -3.35. The highest BCUT2D eigenvalue weighted by Gasteiger charge is 2.40. The zero-order chi connectivity index (χ0) is 24.9. The average Bonchev–Trinajstić information content (AvgIpc) is 3.45. The molecule has 0 aromatic heterocycles. The van der Waals surface area contributed by atoms with Gasteiger partial charge in [0.2, 0.25) is 5.91 Å². The fourth-order valence-electron chi connectivity index (χ4n) is 5.56. The third kappa shape index (κ3) is 5.19. The van der Waals surface area contributed by atoms with Crippen LogP contribution in [0, 0.1) is 11.8 Å². The number of carboxylic acid groups (broad SMARTS) is 1. The van der Waals surface area contributed by atoms with E-state index in [9.17, 15) is 19.5 Å². The van der Waals surface area contributed by atoms with Crippen LogP contribution in [0.15, 0.2) is 48.5 Å². The van der Waals surface area contributed by atoms with E-state index < -0.39 is 18.0 Å². The van der Waals surface area contributed by atoms with E-state index in [-0.39, 0.29) is 36.8 Å². The van der Waals surface area contributed by atoms with Gasteiger partial charge >= 0.3 is 12.1 Å². The molecule has 2 aliphatic rings. The van der Waals surface area contributed by atoms with Crippen LogP contribution in [0.5, 0.6) is 0 Å². The number of hydrogen-bond donors (Lipinski definition) is 2. The van der Waals surface area contributed by atoms with Gasteiger partial charge in [-0.2, -0.15) is 0 Å². The molecule has 1 saturated heterocycles. The van der Waals surface area contributed by atoms with E-state index in [0.717, 1.165) is 17.5 Å². The Kier molecular flexibility index (Phi) is 7.73. The lowest BCUT2D eigenvalue weighted by atomic mass is 9.97. The molecule has 2 aromatic carbocycles. The number of fused-ring (bicyclic) bond motifs is 3. The van der Waals surface area contributed by atoms with Crippen LogP contribution < -0.4 is 5.32 Å². The zero-order valence-corrected chi connectivity index (χ0v) is 20.4. The number of carbonyl (C=O) groups is 3. The van der Waals surface area contributed by atoms with Crippen molar-refractivity contribution in [1.29, 1.82) is 0 Å². The first-order valence-electron chi connectivity index (χ1n) is 12.6. The van der Waals surface area contributed by atoms with Crippen molar-refractivity contribution in [3.8, 4) is 11.1 Å². The minimum atomic E-state index is -0.837. The Balaban J connectivity index is 1.29. The van der Waals surface area contributed by atoms with Crippen molar-refractivity contribution < 1.29 is 24.2 Å². The second-order valence-corrected chi connectivity index (χ2v) is 9.48. The molecule has 7 nitrogen and oxygen atoms in total. The highest BCUT2D eigenvalue weighted by Crippen LogP contribution is 2.44. The zero-order valence-electron chi connectivity index (χ0n) is 20.4. The number of alkyl carbamates (subject to hydrolysis) is 1. The molecule has 3 unspecified atom stereocenters. The lowest BCUT2D eigenvalue weighted by Crippen LogP contribution is -2.41. The second-order valence-electron chi connectivity index (χ2n) is 9.48. The lowest BCUT2D eigenvalue weighted by molar-refractivity contribution is -0.143. The monoisotopic (exact) mass is 478 g/mol. The molecular formula is C28H34N2O5. The maximum atomic E-state index is 12.9. The Morgan fingerprint density at radius 3 is 2.26 bits per heavy atom. The van der Waals surface area contributed by atoms with Gasteiger partial charge in [0, 0.05) is 31.5 Å². The first kappa shape index (κ1) is 24.8. The Morgan fingerprint density at radius 2 is 1.69 bits per heavy atom. The van der Waals surface area contributed by atoms with Crippen LogP contribution in [0.4, 0.5) is 4.79 Å². The van der Waals surface area contributed by atoms with Crippen LogP contribution in [-0.2, 0) is 14.3 Å². The molecule has 4 rings (SSSR count). The molecule has 2 N–H and O–H groups in total. The van der Waals surface area contributed by atoms with Gasteiger partial charge in [-0.15, -0.1) is 0 Å². The van der Waals surface area contributed by atoms with Crippen molar-refractivity contribution in [2.24, 2.45) is 11.8 Å². The fraction of sp³-hybridized carbons (Fsp3) is 0.464. The number of ether oxygens (including phenoxy) is 1. The normalized spacial score (nSPS) is 19.7. The first-order valence-corrected chi connectivity index (χ1v) is 12.6. The standard InChI is InChI=1S/C28H34N2O5/c1-3-18(15-26(31)30-14-13-23(27(32)33)25(30)4-2)16-29-28(34)35-17-24-21-11-7-5-9-19(21)20-10-6-8-12-22(20)24/h5-12,18,23-25H,3-4,13-17H2,1-2H3,(H,29,34)(H,32,33). The number of likely N-dealkylation sites (tertiary alicyclic amines) is 1. The summed E-state index contributed by atoms with van der Waals surface area (Å²) in [5.41, 5.74) is 4.68. The molecule has 3 atom stereocenters. The number of hydrogen-bond acceptors (Lipinski definition) is 4. The number of nitrogens with zero attached hydrogens (tertiary/aromatic N) is 1. The van der Waals surface area contributed by atoms with E-state index in [1.54, 1.807) is 4.90 Å². The fourth-order valence-corrected chi connectivity index (χ4v) is 5.56. The van der Waals surface area contributed by atoms with Gasteiger partial charge in [0.25, 0.3) is 0 Å². The summed E-state index contributed by atoms with van der Waals surface area (Å²) in [5.74, 6) is -1.41. The Bertz CT molecular complexity index is 1040. The van der Waals surface area contributed by atoms with Crippen molar-refractivity contribution in [2.75, 3.05) is 19.7 Å². The van der Waals surface area contributed by atoms with Crippen molar-refractivity contribution in [3.63, 3.8) is 0 Å². The third-order valence-corrected chi connectivity index (χ3v) is 7.52. The third-order valence-electron chi connectivity index (χ3n) is 7.52. The second kappa shape index (κ2) is 10.9. The molecule has 35 heavy (non-hydrogen) atoms. The number of amides is 2. The Morgan fingerprint density at radius 1 is 1.06 bits per heavy atom. The first-order chi connectivity index (χ1) is 16.9. The summed E-state index contributed by atoms with van der Waals surface area (Å²) in [6.45, 7) is 4.97. The van der Waals surface area contributed by atoms with Crippen LogP contribution in [0.1, 0.15) is 56.6 Å². The minimum Gasteiger partial charge on any atom is -0.481 e. The van der Waals surface area contributed by atoms with Crippen molar-refractivity contribution in [1.82, 2.24) is 10.2 Å². The van der Waals surface area contributed by atoms with Gasteiger partial charge in [0.15, 0.2) is 0 Å². The minimum absolute atomic E-state index is 0.0000229. The SMILES string of the molecule is CCC(CNC(=O)OCC1c2ccccc2-c2ccccc21)CC(=O)N1CCC(C(=O)O)C1CC. The molecule has 0 spiro atoms.